The monoisotopic (exact) mass is 299 g/mol. The fourth-order valence-electron chi connectivity index (χ4n) is 3.92. The van der Waals surface area contributed by atoms with Crippen molar-refractivity contribution in [3.63, 3.8) is 0 Å². The number of hydrogen-bond donors (Lipinski definition) is 1. The molecule has 0 aromatic heterocycles. The Hall–Kier alpha value is -0.440. The zero-order valence-corrected chi connectivity index (χ0v) is 12.5. The first-order chi connectivity index (χ1) is 9.10. The van der Waals surface area contributed by atoms with Crippen molar-refractivity contribution >= 4 is 23.2 Å². The quantitative estimate of drug-likeness (QED) is 0.895. The lowest BCUT2D eigenvalue weighted by molar-refractivity contribution is 0.284. The Bertz CT molecular complexity index is 491. The highest BCUT2D eigenvalue weighted by atomic mass is 35.5. The number of nitrogens with two attached hydrogens (primary N) is 1. The SMILES string of the molecule is COc1cc(Cl)c(C(N)C2CC3CCC2C3)cc1Cl. The van der Waals surface area contributed by atoms with E-state index < -0.39 is 0 Å². The minimum atomic E-state index is -0.00814. The van der Waals surface area contributed by atoms with Crippen molar-refractivity contribution in [3.8, 4) is 5.75 Å². The number of benzene rings is 1. The molecule has 2 aliphatic carbocycles. The molecule has 4 atom stereocenters. The lowest BCUT2D eigenvalue weighted by atomic mass is 9.81. The molecule has 0 radical (unpaired) electrons. The first kappa shape index (κ1) is 13.5. The molecule has 4 heteroatoms. The molecule has 0 saturated heterocycles. The van der Waals surface area contributed by atoms with Gasteiger partial charge in [-0.15, -0.1) is 0 Å². The van der Waals surface area contributed by atoms with Crippen molar-refractivity contribution in [2.75, 3.05) is 7.11 Å². The summed E-state index contributed by atoms with van der Waals surface area (Å²) in [5.41, 5.74) is 7.43. The zero-order valence-electron chi connectivity index (χ0n) is 11.0. The number of rotatable bonds is 3. The predicted octanol–water partition coefficient (Wildman–Crippen LogP) is 4.44. The minimum Gasteiger partial charge on any atom is -0.495 e. The molecular formula is C15H19Cl2NO. The maximum absolute atomic E-state index is 6.46. The van der Waals surface area contributed by atoms with Gasteiger partial charge in [0.05, 0.1) is 12.1 Å². The van der Waals surface area contributed by atoms with E-state index in [9.17, 15) is 0 Å². The summed E-state index contributed by atoms with van der Waals surface area (Å²) < 4.78 is 5.18. The zero-order chi connectivity index (χ0) is 13.6. The van der Waals surface area contributed by atoms with Gasteiger partial charge in [-0.25, -0.2) is 0 Å². The van der Waals surface area contributed by atoms with E-state index in [0.717, 1.165) is 17.4 Å². The van der Waals surface area contributed by atoms with E-state index in [2.05, 4.69) is 0 Å². The topological polar surface area (TPSA) is 35.2 Å². The maximum atomic E-state index is 6.46. The van der Waals surface area contributed by atoms with Crippen LogP contribution < -0.4 is 10.5 Å². The molecule has 19 heavy (non-hydrogen) atoms. The Kier molecular flexibility index (Phi) is 3.67. The smallest absolute Gasteiger partial charge is 0.138 e. The van der Waals surface area contributed by atoms with E-state index >= 15 is 0 Å². The maximum Gasteiger partial charge on any atom is 0.138 e. The van der Waals surface area contributed by atoms with Crippen LogP contribution >= 0.6 is 23.2 Å². The molecule has 0 amide bonds. The van der Waals surface area contributed by atoms with Crippen LogP contribution in [0.15, 0.2) is 12.1 Å². The van der Waals surface area contributed by atoms with Crippen LogP contribution in [0.4, 0.5) is 0 Å². The molecule has 0 heterocycles. The summed E-state index contributed by atoms with van der Waals surface area (Å²) in [5, 5.41) is 1.25. The van der Waals surface area contributed by atoms with Crippen LogP contribution in [0.5, 0.6) is 5.75 Å². The van der Waals surface area contributed by atoms with Crippen LogP contribution in [0.3, 0.4) is 0 Å². The molecule has 0 spiro atoms. The molecule has 1 aromatic carbocycles. The molecule has 104 valence electrons. The highest BCUT2D eigenvalue weighted by Crippen LogP contribution is 2.52. The number of hydrogen-bond acceptors (Lipinski definition) is 2. The van der Waals surface area contributed by atoms with Gasteiger partial charge in [0.25, 0.3) is 0 Å². The van der Waals surface area contributed by atoms with Crippen LogP contribution in [0, 0.1) is 17.8 Å². The van der Waals surface area contributed by atoms with Crippen LogP contribution in [-0.4, -0.2) is 7.11 Å². The van der Waals surface area contributed by atoms with Crippen molar-refractivity contribution < 1.29 is 4.74 Å². The third-order valence-corrected chi connectivity index (χ3v) is 5.51. The predicted molar refractivity (Wildman–Crippen MR) is 78.9 cm³/mol. The summed E-state index contributed by atoms with van der Waals surface area (Å²) in [6.07, 6.45) is 5.29. The lowest BCUT2D eigenvalue weighted by Gasteiger charge is -2.28. The summed E-state index contributed by atoms with van der Waals surface area (Å²) in [7, 11) is 1.59. The van der Waals surface area contributed by atoms with E-state index in [1.165, 1.54) is 25.7 Å². The molecule has 0 aliphatic heterocycles. The molecule has 2 bridgehead atoms. The summed E-state index contributed by atoms with van der Waals surface area (Å²) in [5.74, 6) is 2.82. The third-order valence-electron chi connectivity index (χ3n) is 4.88. The molecule has 2 fully saturated rings. The molecule has 4 unspecified atom stereocenters. The largest absolute Gasteiger partial charge is 0.495 e. The fourth-order valence-corrected chi connectivity index (χ4v) is 4.45. The Morgan fingerprint density at radius 2 is 2.00 bits per heavy atom. The highest BCUT2D eigenvalue weighted by Gasteiger charge is 2.42. The van der Waals surface area contributed by atoms with E-state index in [1.54, 1.807) is 13.2 Å². The summed E-state index contributed by atoms with van der Waals surface area (Å²) >= 11 is 12.5. The van der Waals surface area contributed by atoms with Crippen LogP contribution in [0.2, 0.25) is 10.0 Å². The van der Waals surface area contributed by atoms with Crippen molar-refractivity contribution in [1.29, 1.82) is 0 Å². The van der Waals surface area contributed by atoms with Gasteiger partial charge in [0, 0.05) is 17.1 Å². The first-order valence-corrected chi connectivity index (χ1v) is 7.64. The molecule has 3 rings (SSSR count). The minimum absolute atomic E-state index is 0.00814. The van der Waals surface area contributed by atoms with Gasteiger partial charge in [-0.05, 0) is 48.6 Å². The molecular weight excluding hydrogens is 281 g/mol. The summed E-state index contributed by atoms with van der Waals surface area (Å²) in [6, 6.07) is 3.64. The standard InChI is InChI=1S/C15H19Cl2NO/c1-19-14-7-12(16)11(6-13(14)17)15(18)10-5-8-2-3-9(10)4-8/h6-10,15H,2-5,18H2,1H3. The van der Waals surface area contributed by atoms with E-state index in [4.69, 9.17) is 33.7 Å². The second-order valence-electron chi connectivity index (χ2n) is 5.87. The van der Waals surface area contributed by atoms with E-state index in [1.807, 2.05) is 6.07 Å². The van der Waals surface area contributed by atoms with Crippen LogP contribution in [0.25, 0.3) is 0 Å². The molecule has 2 saturated carbocycles. The lowest BCUT2D eigenvalue weighted by Crippen LogP contribution is -2.26. The van der Waals surface area contributed by atoms with Crippen molar-refractivity contribution in [1.82, 2.24) is 0 Å². The van der Waals surface area contributed by atoms with Gasteiger partial charge in [-0.3, -0.25) is 0 Å². The molecule has 2 nitrogen and oxygen atoms in total. The second kappa shape index (κ2) is 5.16. The van der Waals surface area contributed by atoms with E-state index in [0.29, 0.717) is 21.7 Å². The number of methoxy groups -OCH3 is 1. The van der Waals surface area contributed by atoms with Gasteiger partial charge in [0.2, 0.25) is 0 Å². The van der Waals surface area contributed by atoms with Crippen LogP contribution in [-0.2, 0) is 0 Å². The Morgan fingerprint density at radius 3 is 2.58 bits per heavy atom. The van der Waals surface area contributed by atoms with Gasteiger partial charge >= 0.3 is 0 Å². The summed E-state index contributed by atoms with van der Waals surface area (Å²) in [4.78, 5) is 0. The number of ether oxygens (including phenoxy) is 1. The average Bonchev–Trinajstić information content (AvgIpc) is 3.02. The van der Waals surface area contributed by atoms with Gasteiger partial charge in [-0.2, -0.15) is 0 Å². The molecule has 2 aliphatic rings. The van der Waals surface area contributed by atoms with Crippen LogP contribution in [0.1, 0.15) is 37.3 Å². The second-order valence-corrected chi connectivity index (χ2v) is 6.69. The van der Waals surface area contributed by atoms with Gasteiger partial charge in [0.15, 0.2) is 0 Å². The van der Waals surface area contributed by atoms with Gasteiger partial charge in [0.1, 0.15) is 5.75 Å². The first-order valence-electron chi connectivity index (χ1n) is 6.88. The fraction of sp³-hybridized carbons (Fsp3) is 0.600. The van der Waals surface area contributed by atoms with E-state index in [-0.39, 0.29) is 6.04 Å². The van der Waals surface area contributed by atoms with Crippen molar-refractivity contribution in [2.24, 2.45) is 23.5 Å². The number of fused-ring (bicyclic) bond motifs is 2. The third kappa shape index (κ3) is 2.35. The Labute approximate surface area is 124 Å². The molecule has 1 aromatic rings. The highest BCUT2D eigenvalue weighted by molar-refractivity contribution is 6.34. The van der Waals surface area contributed by atoms with Gasteiger partial charge < -0.3 is 10.5 Å². The van der Waals surface area contributed by atoms with Gasteiger partial charge in [-0.1, -0.05) is 29.6 Å². The van der Waals surface area contributed by atoms with Crippen molar-refractivity contribution in [3.05, 3.63) is 27.7 Å². The summed E-state index contributed by atoms with van der Waals surface area (Å²) in [6.45, 7) is 0. The molecule has 2 N–H and O–H groups in total. The average molecular weight is 300 g/mol. The Balaban J connectivity index is 1.87. The number of halogens is 2. The van der Waals surface area contributed by atoms with Crippen molar-refractivity contribution in [2.45, 2.75) is 31.7 Å². The normalized spacial score (nSPS) is 30.6. The Morgan fingerprint density at radius 1 is 1.21 bits per heavy atom.